The molecule has 1 aromatic rings. The molecule has 0 N–H and O–H groups in total. The summed E-state index contributed by atoms with van der Waals surface area (Å²) in [6.07, 6.45) is 4.50. The van der Waals surface area contributed by atoms with Crippen LogP contribution >= 0.6 is 0 Å². The maximum atomic E-state index is 4.98. The minimum Gasteiger partial charge on any atom is -0.360 e. The molecule has 0 amide bonds. The Morgan fingerprint density at radius 1 is 1.78 bits per heavy atom. The van der Waals surface area contributed by atoms with Gasteiger partial charge in [-0.2, -0.15) is 5.10 Å². The Morgan fingerprint density at radius 2 is 2.56 bits per heavy atom. The van der Waals surface area contributed by atoms with Gasteiger partial charge < -0.3 is 4.74 Å². The van der Waals surface area contributed by atoms with Gasteiger partial charge in [0.15, 0.2) is 0 Å². The lowest BCUT2D eigenvalue weighted by molar-refractivity contribution is 0.0500. The lowest BCUT2D eigenvalue weighted by atomic mass is 10.6. The molecule has 0 aliphatic rings. The molecule has 1 radical (unpaired) electrons. The number of aromatic nitrogens is 2. The standard InChI is InChI=1S/C6H9N2O/c1-6(9-2)8-5-3-4-7-8/h3,5-6H,1-2H3. The van der Waals surface area contributed by atoms with E-state index in [2.05, 4.69) is 11.3 Å². The molecule has 1 atom stereocenters. The summed E-state index contributed by atoms with van der Waals surface area (Å²) in [6, 6.07) is 1.75. The van der Waals surface area contributed by atoms with Gasteiger partial charge >= 0.3 is 0 Å². The quantitative estimate of drug-likeness (QED) is 0.585. The molecule has 0 saturated carbocycles. The number of hydrogen-bond acceptors (Lipinski definition) is 2. The molecule has 3 heteroatoms. The average molecular weight is 125 g/mol. The molecule has 0 saturated heterocycles. The molecule has 9 heavy (non-hydrogen) atoms. The second-order valence-electron chi connectivity index (χ2n) is 1.76. The fourth-order valence-corrected chi connectivity index (χ4v) is 0.554. The van der Waals surface area contributed by atoms with Gasteiger partial charge in [0.1, 0.15) is 12.4 Å². The summed E-state index contributed by atoms with van der Waals surface area (Å²) >= 11 is 0. The van der Waals surface area contributed by atoms with Crippen LogP contribution in [0.3, 0.4) is 0 Å². The number of methoxy groups -OCH3 is 1. The number of hydrogen-bond donors (Lipinski definition) is 0. The SMILES string of the molecule is COC(C)n1cc[c]n1. The van der Waals surface area contributed by atoms with Crippen LogP contribution in [0.1, 0.15) is 13.2 Å². The summed E-state index contributed by atoms with van der Waals surface area (Å²) in [4.78, 5) is 0. The zero-order valence-electron chi connectivity index (χ0n) is 5.53. The predicted octanol–water partition coefficient (Wildman–Crippen LogP) is 0.848. The first-order valence-electron chi connectivity index (χ1n) is 2.78. The molecule has 0 aliphatic heterocycles. The van der Waals surface area contributed by atoms with Crippen molar-refractivity contribution in [1.29, 1.82) is 0 Å². The summed E-state index contributed by atoms with van der Waals surface area (Å²) in [5, 5.41) is 3.85. The van der Waals surface area contributed by atoms with Crippen molar-refractivity contribution in [2.75, 3.05) is 7.11 Å². The van der Waals surface area contributed by atoms with E-state index in [1.165, 1.54) is 0 Å². The van der Waals surface area contributed by atoms with E-state index in [0.29, 0.717) is 0 Å². The topological polar surface area (TPSA) is 27.1 Å². The van der Waals surface area contributed by atoms with Crippen molar-refractivity contribution in [3.63, 3.8) is 0 Å². The molecule has 1 heterocycles. The van der Waals surface area contributed by atoms with E-state index in [-0.39, 0.29) is 6.23 Å². The molecule has 0 aromatic carbocycles. The summed E-state index contributed by atoms with van der Waals surface area (Å²) in [5.41, 5.74) is 0. The molecule has 0 spiro atoms. The molecule has 3 nitrogen and oxygen atoms in total. The van der Waals surface area contributed by atoms with Crippen LogP contribution in [0.2, 0.25) is 0 Å². The number of nitrogens with zero attached hydrogens (tertiary/aromatic N) is 2. The van der Waals surface area contributed by atoms with Crippen LogP contribution in [0.4, 0.5) is 0 Å². The lowest BCUT2D eigenvalue weighted by Crippen LogP contribution is -2.06. The Kier molecular flexibility index (Phi) is 1.85. The highest BCUT2D eigenvalue weighted by atomic mass is 16.5. The maximum Gasteiger partial charge on any atom is 0.146 e. The molecule has 0 aliphatic carbocycles. The average Bonchev–Trinajstić information content (AvgIpc) is 2.37. The van der Waals surface area contributed by atoms with Crippen molar-refractivity contribution in [2.45, 2.75) is 13.2 Å². The molecule has 49 valence electrons. The molecule has 1 aromatic heterocycles. The van der Waals surface area contributed by atoms with Gasteiger partial charge in [0.25, 0.3) is 0 Å². The van der Waals surface area contributed by atoms with Gasteiger partial charge in [0.2, 0.25) is 0 Å². The number of ether oxygens (including phenoxy) is 1. The molecular formula is C6H9N2O. The van der Waals surface area contributed by atoms with E-state index in [9.17, 15) is 0 Å². The van der Waals surface area contributed by atoms with Crippen LogP contribution in [-0.4, -0.2) is 16.9 Å². The monoisotopic (exact) mass is 125 g/mol. The summed E-state index contributed by atoms with van der Waals surface area (Å²) in [5.74, 6) is 0. The molecule has 0 bridgehead atoms. The van der Waals surface area contributed by atoms with E-state index in [4.69, 9.17) is 4.74 Å². The summed E-state index contributed by atoms with van der Waals surface area (Å²) in [7, 11) is 1.65. The zero-order valence-corrected chi connectivity index (χ0v) is 5.53. The van der Waals surface area contributed by atoms with E-state index in [1.54, 1.807) is 17.9 Å². The summed E-state index contributed by atoms with van der Waals surface area (Å²) in [6.45, 7) is 1.92. The fourth-order valence-electron chi connectivity index (χ4n) is 0.554. The highest BCUT2D eigenvalue weighted by Crippen LogP contribution is 2.00. The largest absolute Gasteiger partial charge is 0.360 e. The molecular weight excluding hydrogens is 116 g/mol. The minimum atomic E-state index is 0.0104. The second-order valence-corrected chi connectivity index (χ2v) is 1.76. The Labute approximate surface area is 54.2 Å². The molecule has 0 fully saturated rings. The van der Waals surface area contributed by atoms with Crippen LogP contribution < -0.4 is 0 Å². The van der Waals surface area contributed by atoms with Gasteiger partial charge in [-0.3, -0.25) is 0 Å². The third kappa shape index (κ3) is 1.29. The Balaban J connectivity index is 2.65. The Hall–Kier alpha value is -0.830. The van der Waals surface area contributed by atoms with Crippen LogP contribution in [0, 0.1) is 6.20 Å². The molecule has 1 rings (SSSR count). The highest BCUT2D eigenvalue weighted by Gasteiger charge is 1.98. The van der Waals surface area contributed by atoms with Crippen molar-refractivity contribution in [3.05, 3.63) is 18.5 Å². The normalized spacial score (nSPS) is 13.6. The van der Waals surface area contributed by atoms with Crippen LogP contribution in [0.5, 0.6) is 0 Å². The van der Waals surface area contributed by atoms with Crippen molar-refractivity contribution in [2.24, 2.45) is 0 Å². The van der Waals surface area contributed by atoms with Crippen LogP contribution in [0.15, 0.2) is 12.3 Å². The van der Waals surface area contributed by atoms with Gasteiger partial charge in [-0.05, 0) is 13.0 Å². The van der Waals surface area contributed by atoms with Gasteiger partial charge in [-0.1, -0.05) is 0 Å². The molecule has 1 unspecified atom stereocenters. The Morgan fingerprint density at radius 3 is 3.00 bits per heavy atom. The van der Waals surface area contributed by atoms with Gasteiger partial charge in [-0.25, -0.2) is 4.68 Å². The first-order valence-corrected chi connectivity index (χ1v) is 2.78. The summed E-state index contributed by atoms with van der Waals surface area (Å²) < 4.78 is 6.67. The van der Waals surface area contributed by atoms with Gasteiger partial charge in [0.05, 0.1) is 0 Å². The van der Waals surface area contributed by atoms with E-state index in [1.807, 2.05) is 13.1 Å². The van der Waals surface area contributed by atoms with Gasteiger partial charge in [-0.15, -0.1) is 0 Å². The van der Waals surface area contributed by atoms with Crippen LogP contribution in [0.25, 0.3) is 0 Å². The Bertz CT molecular complexity index is 160. The smallest absolute Gasteiger partial charge is 0.146 e. The minimum absolute atomic E-state index is 0.0104. The fraction of sp³-hybridized carbons (Fsp3) is 0.500. The highest BCUT2D eigenvalue weighted by molar-refractivity contribution is 4.76. The third-order valence-corrected chi connectivity index (χ3v) is 1.19. The predicted molar refractivity (Wildman–Crippen MR) is 32.8 cm³/mol. The maximum absolute atomic E-state index is 4.98. The third-order valence-electron chi connectivity index (χ3n) is 1.19. The zero-order chi connectivity index (χ0) is 6.69. The van der Waals surface area contributed by atoms with E-state index >= 15 is 0 Å². The second kappa shape index (κ2) is 2.64. The van der Waals surface area contributed by atoms with Crippen molar-refractivity contribution in [3.8, 4) is 0 Å². The van der Waals surface area contributed by atoms with Crippen molar-refractivity contribution in [1.82, 2.24) is 9.78 Å². The first-order chi connectivity index (χ1) is 4.34. The number of rotatable bonds is 2. The van der Waals surface area contributed by atoms with Crippen molar-refractivity contribution >= 4 is 0 Å². The van der Waals surface area contributed by atoms with Crippen molar-refractivity contribution < 1.29 is 4.74 Å². The van der Waals surface area contributed by atoms with E-state index in [0.717, 1.165) is 0 Å². The lowest BCUT2D eigenvalue weighted by Gasteiger charge is -2.07. The first kappa shape index (κ1) is 6.29. The van der Waals surface area contributed by atoms with Gasteiger partial charge in [0, 0.05) is 13.3 Å². The van der Waals surface area contributed by atoms with E-state index < -0.39 is 0 Å². The van der Waals surface area contributed by atoms with Crippen LogP contribution in [-0.2, 0) is 4.74 Å².